The van der Waals surface area contributed by atoms with Gasteiger partial charge in [-0.15, -0.1) is 0 Å². The standard InChI is InChI=1S/C21H23ClN2O2/c22-18-3-1-2-16(14-18)4-7-21(25)24-9-8-17-5-6-19(15-20(17)24)23-10-12-26-13-11-23/h1-3,5-6,14-15H,4,7-13H2. The van der Waals surface area contributed by atoms with Crippen LogP contribution in [0, 0.1) is 0 Å². The van der Waals surface area contributed by atoms with Crippen LogP contribution in [0.3, 0.4) is 0 Å². The van der Waals surface area contributed by atoms with Gasteiger partial charge in [0.1, 0.15) is 0 Å². The highest BCUT2D eigenvalue weighted by Gasteiger charge is 2.25. The van der Waals surface area contributed by atoms with Crippen molar-refractivity contribution in [1.29, 1.82) is 0 Å². The van der Waals surface area contributed by atoms with Crippen molar-refractivity contribution < 1.29 is 9.53 Å². The van der Waals surface area contributed by atoms with Gasteiger partial charge in [-0.1, -0.05) is 29.8 Å². The predicted octanol–water partition coefficient (Wildman–Crippen LogP) is 3.70. The molecule has 4 rings (SSSR count). The molecule has 2 aromatic carbocycles. The monoisotopic (exact) mass is 370 g/mol. The minimum Gasteiger partial charge on any atom is -0.378 e. The first kappa shape index (κ1) is 17.4. The third-order valence-electron chi connectivity index (χ3n) is 5.16. The third kappa shape index (κ3) is 3.71. The van der Waals surface area contributed by atoms with E-state index < -0.39 is 0 Å². The molecule has 136 valence electrons. The van der Waals surface area contributed by atoms with Crippen LogP contribution in [0.15, 0.2) is 42.5 Å². The Kier molecular flexibility index (Phi) is 5.14. The number of halogens is 1. The maximum Gasteiger partial charge on any atom is 0.227 e. The van der Waals surface area contributed by atoms with E-state index in [1.54, 1.807) is 0 Å². The van der Waals surface area contributed by atoms with Gasteiger partial charge in [-0.25, -0.2) is 0 Å². The summed E-state index contributed by atoms with van der Waals surface area (Å²) in [5.74, 6) is 0.183. The molecule has 0 radical (unpaired) electrons. The van der Waals surface area contributed by atoms with Gasteiger partial charge in [0.05, 0.1) is 13.2 Å². The van der Waals surface area contributed by atoms with Crippen LogP contribution >= 0.6 is 11.6 Å². The fourth-order valence-corrected chi connectivity index (χ4v) is 3.94. The molecule has 2 aliphatic heterocycles. The van der Waals surface area contributed by atoms with Crippen LogP contribution in [-0.2, 0) is 22.4 Å². The zero-order chi connectivity index (χ0) is 17.9. The predicted molar refractivity (Wildman–Crippen MR) is 105 cm³/mol. The molecule has 2 heterocycles. The Morgan fingerprint density at radius 2 is 1.92 bits per heavy atom. The second kappa shape index (κ2) is 7.68. The van der Waals surface area contributed by atoms with Crippen molar-refractivity contribution in [2.24, 2.45) is 0 Å². The summed E-state index contributed by atoms with van der Waals surface area (Å²) in [6.07, 6.45) is 2.15. The largest absolute Gasteiger partial charge is 0.378 e. The summed E-state index contributed by atoms with van der Waals surface area (Å²) in [6, 6.07) is 14.3. The fourth-order valence-electron chi connectivity index (χ4n) is 3.72. The molecule has 0 saturated carbocycles. The van der Waals surface area contributed by atoms with Crippen LogP contribution in [0.1, 0.15) is 17.5 Å². The molecule has 0 aliphatic carbocycles. The van der Waals surface area contributed by atoms with Crippen molar-refractivity contribution in [3.8, 4) is 0 Å². The zero-order valence-electron chi connectivity index (χ0n) is 14.8. The maximum absolute atomic E-state index is 12.8. The summed E-state index contributed by atoms with van der Waals surface area (Å²) in [6.45, 7) is 4.11. The number of rotatable bonds is 4. The van der Waals surface area contributed by atoms with Crippen molar-refractivity contribution in [2.75, 3.05) is 42.6 Å². The lowest BCUT2D eigenvalue weighted by Gasteiger charge is -2.29. The van der Waals surface area contributed by atoms with Gasteiger partial charge in [0, 0.05) is 42.5 Å². The van der Waals surface area contributed by atoms with E-state index >= 15 is 0 Å². The number of amides is 1. The fraction of sp³-hybridized carbons (Fsp3) is 0.381. The molecule has 5 heteroatoms. The Morgan fingerprint density at radius 3 is 2.73 bits per heavy atom. The quantitative estimate of drug-likeness (QED) is 0.822. The highest BCUT2D eigenvalue weighted by molar-refractivity contribution is 6.30. The van der Waals surface area contributed by atoms with Crippen molar-refractivity contribution in [2.45, 2.75) is 19.3 Å². The molecule has 1 fully saturated rings. The number of ether oxygens (including phenoxy) is 1. The van der Waals surface area contributed by atoms with Gasteiger partial charge < -0.3 is 14.5 Å². The molecule has 2 aromatic rings. The van der Waals surface area contributed by atoms with E-state index in [-0.39, 0.29) is 5.91 Å². The minimum absolute atomic E-state index is 0.183. The Balaban J connectivity index is 1.46. The highest BCUT2D eigenvalue weighted by Crippen LogP contribution is 2.33. The summed E-state index contributed by atoms with van der Waals surface area (Å²) >= 11 is 6.04. The smallest absolute Gasteiger partial charge is 0.227 e. The molecule has 0 N–H and O–H groups in total. The van der Waals surface area contributed by atoms with Crippen LogP contribution < -0.4 is 9.80 Å². The average molecular weight is 371 g/mol. The van der Waals surface area contributed by atoms with Crippen molar-refractivity contribution in [3.63, 3.8) is 0 Å². The number of carbonyl (C=O) groups excluding carboxylic acids is 1. The summed E-state index contributed by atoms with van der Waals surface area (Å²) in [4.78, 5) is 17.1. The van der Waals surface area contributed by atoms with Crippen molar-refractivity contribution in [1.82, 2.24) is 0 Å². The molecule has 4 nitrogen and oxygen atoms in total. The molecule has 26 heavy (non-hydrogen) atoms. The first-order valence-corrected chi connectivity index (χ1v) is 9.59. The summed E-state index contributed by atoms with van der Waals surface area (Å²) in [7, 11) is 0. The number of carbonyl (C=O) groups is 1. The Bertz CT molecular complexity index is 802. The van der Waals surface area contributed by atoms with Crippen LogP contribution in [0.5, 0.6) is 0 Å². The molecular weight excluding hydrogens is 348 g/mol. The highest BCUT2D eigenvalue weighted by atomic mass is 35.5. The first-order chi connectivity index (χ1) is 12.7. The van der Waals surface area contributed by atoms with Crippen LogP contribution in [0.4, 0.5) is 11.4 Å². The third-order valence-corrected chi connectivity index (χ3v) is 5.39. The number of hydrogen-bond donors (Lipinski definition) is 0. The van der Waals surface area contributed by atoms with E-state index in [1.165, 1.54) is 11.3 Å². The van der Waals surface area contributed by atoms with E-state index in [2.05, 4.69) is 23.1 Å². The first-order valence-electron chi connectivity index (χ1n) is 9.21. The zero-order valence-corrected chi connectivity index (χ0v) is 15.5. The van der Waals surface area contributed by atoms with E-state index in [9.17, 15) is 4.79 Å². The van der Waals surface area contributed by atoms with Gasteiger partial charge in [-0.2, -0.15) is 0 Å². The van der Waals surface area contributed by atoms with E-state index in [4.69, 9.17) is 16.3 Å². The molecule has 2 aliphatic rings. The molecule has 0 aromatic heterocycles. The number of aryl methyl sites for hydroxylation is 1. The van der Waals surface area contributed by atoms with E-state index in [0.29, 0.717) is 12.8 Å². The second-order valence-corrected chi connectivity index (χ2v) is 7.27. The van der Waals surface area contributed by atoms with Crippen LogP contribution in [0.2, 0.25) is 5.02 Å². The molecule has 0 atom stereocenters. The normalized spacial score (nSPS) is 16.7. The van der Waals surface area contributed by atoms with Gasteiger partial charge in [0.2, 0.25) is 5.91 Å². The van der Waals surface area contributed by atoms with E-state index in [0.717, 1.165) is 55.5 Å². The maximum atomic E-state index is 12.8. The van der Waals surface area contributed by atoms with Crippen molar-refractivity contribution >= 4 is 28.9 Å². The lowest BCUT2D eigenvalue weighted by Crippen LogP contribution is -2.36. The molecule has 1 saturated heterocycles. The van der Waals surface area contributed by atoms with Gasteiger partial charge in [0.15, 0.2) is 0 Å². The van der Waals surface area contributed by atoms with Gasteiger partial charge in [-0.05, 0) is 48.2 Å². The minimum atomic E-state index is 0.183. The van der Waals surface area contributed by atoms with Crippen LogP contribution in [-0.4, -0.2) is 38.8 Å². The summed E-state index contributed by atoms with van der Waals surface area (Å²) < 4.78 is 5.44. The van der Waals surface area contributed by atoms with Gasteiger partial charge in [-0.3, -0.25) is 4.79 Å². The second-order valence-electron chi connectivity index (χ2n) is 6.84. The molecule has 0 unspecified atom stereocenters. The Hall–Kier alpha value is -2.04. The number of anilines is 2. The number of fused-ring (bicyclic) bond motifs is 1. The summed E-state index contributed by atoms with van der Waals surface area (Å²) in [5, 5.41) is 0.719. The SMILES string of the molecule is O=C(CCc1cccc(Cl)c1)N1CCc2ccc(N3CCOCC3)cc21. The lowest BCUT2D eigenvalue weighted by molar-refractivity contribution is -0.118. The molecule has 1 amide bonds. The van der Waals surface area contributed by atoms with Crippen LogP contribution in [0.25, 0.3) is 0 Å². The number of morpholine rings is 1. The number of hydrogen-bond acceptors (Lipinski definition) is 3. The van der Waals surface area contributed by atoms with Crippen molar-refractivity contribution in [3.05, 3.63) is 58.6 Å². The Morgan fingerprint density at radius 1 is 1.08 bits per heavy atom. The average Bonchev–Trinajstić information content (AvgIpc) is 3.10. The molecule has 0 spiro atoms. The topological polar surface area (TPSA) is 32.8 Å². The lowest BCUT2D eigenvalue weighted by atomic mass is 10.1. The number of nitrogens with zero attached hydrogens (tertiary/aromatic N) is 2. The molecule has 0 bridgehead atoms. The Labute approximate surface area is 159 Å². The summed E-state index contributed by atoms with van der Waals surface area (Å²) in [5.41, 5.74) is 4.62. The van der Waals surface area contributed by atoms with E-state index in [1.807, 2.05) is 29.2 Å². The molecular formula is C21H23ClN2O2. The van der Waals surface area contributed by atoms with Gasteiger partial charge >= 0.3 is 0 Å². The van der Waals surface area contributed by atoms with Gasteiger partial charge in [0.25, 0.3) is 0 Å². The number of benzene rings is 2.